The van der Waals surface area contributed by atoms with Gasteiger partial charge in [-0.2, -0.15) is 0 Å². The van der Waals surface area contributed by atoms with Gasteiger partial charge in [-0.1, -0.05) is 24.6 Å². The summed E-state index contributed by atoms with van der Waals surface area (Å²) < 4.78 is 2.08. The molecule has 23 heavy (non-hydrogen) atoms. The Labute approximate surface area is 139 Å². The molecule has 1 aliphatic heterocycles. The number of hydrogen-bond donors (Lipinski definition) is 1. The van der Waals surface area contributed by atoms with E-state index in [2.05, 4.69) is 32.0 Å². The van der Waals surface area contributed by atoms with Crippen LogP contribution in [0.3, 0.4) is 0 Å². The first kappa shape index (κ1) is 14.2. The molecule has 0 radical (unpaired) electrons. The third-order valence-corrected chi connectivity index (χ3v) is 4.28. The molecule has 1 aromatic carbocycles. The second-order valence-corrected chi connectivity index (χ2v) is 6.26. The van der Waals surface area contributed by atoms with Crippen molar-refractivity contribution < 1.29 is 0 Å². The lowest BCUT2D eigenvalue weighted by atomic mass is 10.1. The largest absolute Gasteiger partial charge is 0.383 e. The van der Waals surface area contributed by atoms with Crippen LogP contribution in [-0.4, -0.2) is 26.3 Å². The molecule has 4 rings (SSSR count). The van der Waals surface area contributed by atoms with Crippen molar-refractivity contribution in [2.75, 3.05) is 11.9 Å². The van der Waals surface area contributed by atoms with Crippen molar-refractivity contribution in [2.45, 2.75) is 19.8 Å². The first-order valence-electron chi connectivity index (χ1n) is 7.56. The maximum Gasteiger partial charge on any atom is 0.187 e. The highest BCUT2D eigenvalue weighted by Crippen LogP contribution is 2.34. The maximum atomic E-state index is 6.15. The van der Waals surface area contributed by atoms with Crippen molar-refractivity contribution in [1.82, 2.24) is 19.7 Å². The lowest BCUT2D eigenvalue weighted by molar-refractivity contribution is 0.725. The average molecular weight is 326 g/mol. The van der Waals surface area contributed by atoms with E-state index >= 15 is 0 Å². The summed E-state index contributed by atoms with van der Waals surface area (Å²) in [6.45, 7) is 4.89. The van der Waals surface area contributed by atoms with Gasteiger partial charge in [-0.25, -0.2) is 4.98 Å². The van der Waals surface area contributed by atoms with E-state index in [0.29, 0.717) is 5.02 Å². The molecule has 0 saturated carbocycles. The first-order chi connectivity index (χ1) is 11.1. The molecule has 5 nitrogen and oxygen atoms in total. The van der Waals surface area contributed by atoms with Gasteiger partial charge in [0, 0.05) is 23.2 Å². The van der Waals surface area contributed by atoms with Crippen LogP contribution in [0.25, 0.3) is 17.2 Å². The predicted molar refractivity (Wildman–Crippen MR) is 91.2 cm³/mol. The van der Waals surface area contributed by atoms with Crippen LogP contribution < -0.4 is 5.32 Å². The van der Waals surface area contributed by atoms with E-state index in [1.807, 2.05) is 43.3 Å². The minimum Gasteiger partial charge on any atom is -0.383 e. The predicted octanol–water partition coefficient (Wildman–Crippen LogP) is 3.82. The Morgan fingerprint density at radius 3 is 2.91 bits per heavy atom. The summed E-state index contributed by atoms with van der Waals surface area (Å²) in [5.74, 6) is 1.91. The molecule has 3 heterocycles. The normalized spacial score (nSPS) is 16.2. The van der Waals surface area contributed by atoms with Crippen molar-refractivity contribution in [3.8, 4) is 17.2 Å². The van der Waals surface area contributed by atoms with Gasteiger partial charge >= 0.3 is 0 Å². The average Bonchev–Trinajstić information content (AvgIpc) is 2.92. The molecule has 1 aliphatic rings. The van der Waals surface area contributed by atoms with Crippen LogP contribution in [-0.2, 0) is 0 Å². The minimum absolute atomic E-state index is 0.229. The highest BCUT2D eigenvalue weighted by molar-refractivity contribution is 6.31. The zero-order chi connectivity index (χ0) is 16.0. The van der Waals surface area contributed by atoms with E-state index in [9.17, 15) is 0 Å². The molecule has 6 heteroatoms. The van der Waals surface area contributed by atoms with Crippen molar-refractivity contribution in [1.29, 1.82) is 0 Å². The summed E-state index contributed by atoms with van der Waals surface area (Å²) in [5, 5.41) is 13.0. The van der Waals surface area contributed by atoms with Gasteiger partial charge in [0.15, 0.2) is 5.82 Å². The van der Waals surface area contributed by atoms with Crippen molar-refractivity contribution in [2.24, 2.45) is 0 Å². The topological polar surface area (TPSA) is 55.6 Å². The van der Waals surface area contributed by atoms with Crippen molar-refractivity contribution >= 4 is 17.3 Å². The van der Waals surface area contributed by atoms with Gasteiger partial charge in [-0.3, -0.25) is 4.57 Å². The van der Waals surface area contributed by atoms with E-state index in [1.165, 1.54) is 0 Å². The quantitative estimate of drug-likeness (QED) is 0.739. The van der Waals surface area contributed by atoms with Gasteiger partial charge in [0.05, 0.1) is 11.4 Å². The fraction of sp³-hybridized carbons (Fsp3) is 0.235. The lowest BCUT2D eigenvalue weighted by Gasteiger charge is -2.12. The van der Waals surface area contributed by atoms with Crippen LogP contribution in [0.1, 0.15) is 24.4 Å². The Kier molecular flexibility index (Phi) is 3.31. The summed E-state index contributed by atoms with van der Waals surface area (Å²) in [6, 6.07) is 11.7. The molecule has 0 bridgehead atoms. The Balaban J connectivity index is 1.99. The van der Waals surface area contributed by atoms with Crippen molar-refractivity contribution in [3.05, 3.63) is 52.9 Å². The SMILES string of the molecule is Cc1cccc(-c2nnc3n2-c2ccc(Cl)cc2NC[C@H]3C)n1. The number of hydrogen-bond acceptors (Lipinski definition) is 4. The Morgan fingerprint density at radius 1 is 1.22 bits per heavy atom. The molecule has 0 aliphatic carbocycles. The number of nitrogens with zero attached hydrogens (tertiary/aromatic N) is 4. The maximum absolute atomic E-state index is 6.15. The van der Waals surface area contributed by atoms with Crippen LogP contribution in [0, 0.1) is 6.92 Å². The minimum atomic E-state index is 0.229. The summed E-state index contributed by atoms with van der Waals surface area (Å²) in [4.78, 5) is 4.60. The van der Waals surface area contributed by atoms with Crippen LogP contribution in [0.2, 0.25) is 5.02 Å². The Hall–Kier alpha value is -2.40. The van der Waals surface area contributed by atoms with Gasteiger partial charge in [0.25, 0.3) is 0 Å². The molecule has 0 fully saturated rings. The molecule has 1 N–H and O–H groups in total. The van der Waals surface area contributed by atoms with Gasteiger partial charge in [-0.15, -0.1) is 10.2 Å². The molecule has 116 valence electrons. The molecular weight excluding hydrogens is 310 g/mol. The standard InChI is InChI=1S/C17H16ClN5/c1-10-9-19-14-8-12(18)6-7-15(14)23-16(10)21-22-17(23)13-5-3-4-11(2)20-13/h3-8,10,19H,9H2,1-2H3/t10-/m1/s1. The Bertz CT molecular complexity index is 886. The van der Waals surface area contributed by atoms with Crippen molar-refractivity contribution in [3.63, 3.8) is 0 Å². The number of rotatable bonds is 1. The highest BCUT2D eigenvalue weighted by Gasteiger charge is 2.25. The van der Waals surface area contributed by atoms with E-state index in [4.69, 9.17) is 11.6 Å². The van der Waals surface area contributed by atoms with E-state index in [0.717, 1.165) is 41.0 Å². The van der Waals surface area contributed by atoms with Gasteiger partial charge in [0.2, 0.25) is 0 Å². The second kappa shape index (κ2) is 5.35. The van der Waals surface area contributed by atoms with E-state index in [-0.39, 0.29) is 5.92 Å². The number of pyridine rings is 1. The zero-order valence-corrected chi connectivity index (χ0v) is 13.7. The molecular formula is C17H16ClN5. The van der Waals surface area contributed by atoms with Gasteiger partial charge < -0.3 is 5.32 Å². The highest BCUT2D eigenvalue weighted by atomic mass is 35.5. The van der Waals surface area contributed by atoms with Crippen LogP contribution in [0.15, 0.2) is 36.4 Å². The molecule has 0 amide bonds. The fourth-order valence-electron chi connectivity index (χ4n) is 2.89. The second-order valence-electron chi connectivity index (χ2n) is 5.82. The number of fused-ring (bicyclic) bond motifs is 3. The summed E-state index contributed by atoms with van der Waals surface area (Å²) >= 11 is 6.15. The zero-order valence-electron chi connectivity index (χ0n) is 12.9. The summed E-state index contributed by atoms with van der Waals surface area (Å²) in [5.41, 5.74) is 3.75. The number of halogens is 1. The Morgan fingerprint density at radius 2 is 2.09 bits per heavy atom. The molecule has 0 saturated heterocycles. The first-order valence-corrected chi connectivity index (χ1v) is 7.94. The van der Waals surface area contributed by atoms with E-state index < -0.39 is 0 Å². The summed E-state index contributed by atoms with van der Waals surface area (Å²) in [7, 11) is 0. The van der Waals surface area contributed by atoms with Gasteiger partial charge in [-0.05, 0) is 37.3 Å². The third-order valence-electron chi connectivity index (χ3n) is 4.04. The number of aryl methyl sites for hydroxylation is 1. The summed E-state index contributed by atoms with van der Waals surface area (Å²) in [6.07, 6.45) is 0. The number of benzene rings is 1. The van der Waals surface area contributed by atoms with E-state index in [1.54, 1.807) is 0 Å². The lowest BCUT2D eigenvalue weighted by Crippen LogP contribution is -2.09. The molecule has 0 unspecified atom stereocenters. The van der Waals surface area contributed by atoms with Gasteiger partial charge in [0.1, 0.15) is 11.5 Å². The molecule has 2 aromatic heterocycles. The molecule has 3 aromatic rings. The molecule has 1 atom stereocenters. The number of anilines is 1. The molecule has 0 spiro atoms. The fourth-order valence-corrected chi connectivity index (χ4v) is 3.06. The van der Waals surface area contributed by atoms with Crippen LogP contribution in [0.5, 0.6) is 0 Å². The monoisotopic (exact) mass is 325 g/mol. The number of aromatic nitrogens is 4. The van der Waals surface area contributed by atoms with Crippen LogP contribution >= 0.6 is 11.6 Å². The number of nitrogens with one attached hydrogen (secondary N) is 1. The third kappa shape index (κ3) is 2.37. The smallest absolute Gasteiger partial charge is 0.187 e. The van der Waals surface area contributed by atoms with Crippen LogP contribution in [0.4, 0.5) is 5.69 Å².